The van der Waals surface area contributed by atoms with Crippen LogP contribution in [0.3, 0.4) is 0 Å². The molecule has 9 nitrogen and oxygen atoms in total. The zero-order valence-corrected chi connectivity index (χ0v) is 17.7. The molecule has 1 heterocycles. The monoisotopic (exact) mass is 472 g/mol. The zero-order valence-electron chi connectivity index (χ0n) is 15.3. The van der Waals surface area contributed by atoms with Crippen LogP contribution in [0.5, 0.6) is 0 Å². The minimum Gasteiger partial charge on any atom is -0.480 e. The molecule has 2 aromatic rings. The Kier molecular flexibility index (Phi) is 6.18. The van der Waals surface area contributed by atoms with Crippen LogP contribution < -0.4 is 9.44 Å². The second-order valence-electron chi connectivity index (χ2n) is 6.65. The van der Waals surface area contributed by atoms with E-state index in [1.54, 1.807) is 6.07 Å². The van der Waals surface area contributed by atoms with Gasteiger partial charge in [-0.3, -0.25) is 14.3 Å². The molecule has 3 rings (SSSR count). The van der Waals surface area contributed by atoms with Crippen LogP contribution in [0, 0.1) is 0 Å². The summed E-state index contributed by atoms with van der Waals surface area (Å²) in [7, 11) is -7.95. The Morgan fingerprint density at radius 1 is 1.23 bits per heavy atom. The molecule has 0 saturated carbocycles. The fourth-order valence-electron chi connectivity index (χ4n) is 3.06. The molecule has 1 fully saturated rings. The van der Waals surface area contributed by atoms with Crippen LogP contribution in [-0.2, 0) is 36.1 Å². The maximum absolute atomic E-state index is 12.4. The van der Waals surface area contributed by atoms with E-state index in [0.717, 1.165) is 0 Å². The number of carbonyl (C=O) groups excluding carboxylic acids is 1. The Morgan fingerprint density at radius 2 is 1.90 bits per heavy atom. The average Bonchev–Trinajstić information content (AvgIpc) is 2.93. The molecule has 0 radical (unpaired) electrons. The van der Waals surface area contributed by atoms with Gasteiger partial charge in [0.25, 0.3) is 0 Å². The Labute approximate surface area is 178 Å². The topological polar surface area (TPSA) is 147 Å². The molecular weight excluding hydrogens is 456 g/mol. The van der Waals surface area contributed by atoms with Crippen molar-refractivity contribution in [3.63, 3.8) is 0 Å². The summed E-state index contributed by atoms with van der Waals surface area (Å²) in [6.45, 7) is 0. The molecule has 30 heavy (non-hydrogen) atoms. The van der Waals surface area contributed by atoms with E-state index in [2.05, 4.69) is 4.72 Å². The lowest BCUT2D eigenvalue weighted by atomic mass is 10.0. The molecule has 0 spiro atoms. The Bertz CT molecular complexity index is 1200. The quantitative estimate of drug-likeness (QED) is 0.548. The molecule has 12 heteroatoms. The van der Waals surface area contributed by atoms with Crippen LogP contribution in [0.4, 0.5) is 0 Å². The number of carboxylic acid groups (broad SMARTS) is 1. The number of sulfonamides is 2. The number of halogens is 1. The van der Waals surface area contributed by atoms with Gasteiger partial charge in [-0.25, -0.2) is 16.8 Å². The first kappa shape index (κ1) is 22.2. The summed E-state index contributed by atoms with van der Waals surface area (Å²) in [4.78, 5) is 23.0. The number of aliphatic carboxylic acids is 1. The molecular formula is C18H17ClN2O7S2. The highest BCUT2D eigenvalue weighted by Crippen LogP contribution is 2.35. The minimum absolute atomic E-state index is 0.0348. The lowest BCUT2D eigenvalue weighted by Crippen LogP contribution is -2.42. The van der Waals surface area contributed by atoms with Crippen LogP contribution >= 0.6 is 11.6 Å². The summed E-state index contributed by atoms with van der Waals surface area (Å²) < 4.78 is 52.9. The molecule has 0 bridgehead atoms. The van der Waals surface area contributed by atoms with Crippen molar-refractivity contribution in [3.05, 3.63) is 64.7 Å². The van der Waals surface area contributed by atoms with E-state index < -0.39 is 43.2 Å². The van der Waals surface area contributed by atoms with Gasteiger partial charge in [0, 0.05) is 5.02 Å². The van der Waals surface area contributed by atoms with Crippen LogP contribution in [-0.4, -0.2) is 39.9 Å². The van der Waals surface area contributed by atoms with Crippen molar-refractivity contribution < 1.29 is 31.5 Å². The van der Waals surface area contributed by atoms with Crippen LogP contribution in [0.15, 0.2) is 53.4 Å². The van der Waals surface area contributed by atoms with E-state index >= 15 is 0 Å². The van der Waals surface area contributed by atoms with Crippen molar-refractivity contribution in [2.24, 2.45) is 0 Å². The van der Waals surface area contributed by atoms with Crippen molar-refractivity contribution >= 4 is 43.5 Å². The average molecular weight is 473 g/mol. The van der Waals surface area contributed by atoms with E-state index in [0.29, 0.717) is 5.56 Å². The van der Waals surface area contributed by atoms with Gasteiger partial charge in [-0.15, -0.1) is 0 Å². The standard InChI is InChI=1S/C18H17ClN2O7S2/c19-14-8-11(6-7-13(14)16-10-17(22)21-30(16,27)28)9-15(18(23)24)20-29(25,26)12-4-2-1-3-5-12/h1-8,15-16,20H,9-10H2,(H,21,22)(H,23,24)/t15-,16?/m0/s1. The predicted molar refractivity (Wildman–Crippen MR) is 108 cm³/mol. The third-order valence-electron chi connectivity index (χ3n) is 4.50. The lowest BCUT2D eigenvalue weighted by molar-refractivity contribution is -0.138. The summed E-state index contributed by atoms with van der Waals surface area (Å²) >= 11 is 6.19. The van der Waals surface area contributed by atoms with Crippen molar-refractivity contribution in [3.8, 4) is 0 Å². The molecule has 2 aromatic carbocycles. The molecule has 1 saturated heterocycles. The maximum Gasteiger partial charge on any atom is 0.322 e. The number of amides is 1. The highest BCUT2D eigenvalue weighted by Gasteiger charge is 2.39. The summed E-state index contributed by atoms with van der Waals surface area (Å²) in [5, 5.41) is 8.35. The number of rotatable bonds is 7. The predicted octanol–water partition coefficient (Wildman–Crippen LogP) is 1.21. The van der Waals surface area contributed by atoms with Gasteiger partial charge >= 0.3 is 5.97 Å². The normalized spacial score (nSPS) is 19.2. The van der Waals surface area contributed by atoms with E-state index in [1.807, 2.05) is 4.72 Å². The van der Waals surface area contributed by atoms with Gasteiger partial charge in [0.15, 0.2) is 0 Å². The fraction of sp³-hybridized carbons (Fsp3) is 0.222. The summed E-state index contributed by atoms with van der Waals surface area (Å²) in [5.74, 6) is -2.02. The number of carboxylic acids is 1. The molecule has 1 amide bonds. The maximum atomic E-state index is 12.4. The van der Waals surface area contributed by atoms with E-state index in [-0.39, 0.29) is 28.3 Å². The summed E-state index contributed by atoms with van der Waals surface area (Å²) in [5.41, 5.74) is 0.581. The van der Waals surface area contributed by atoms with Gasteiger partial charge in [0.1, 0.15) is 11.3 Å². The largest absolute Gasteiger partial charge is 0.480 e. The first-order valence-corrected chi connectivity index (χ1v) is 12.0. The Morgan fingerprint density at radius 3 is 2.43 bits per heavy atom. The van der Waals surface area contributed by atoms with Crippen LogP contribution in [0.1, 0.15) is 22.8 Å². The zero-order chi connectivity index (χ0) is 22.1. The van der Waals surface area contributed by atoms with Crippen molar-refractivity contribution in [2.45, 2.75) is 29.0 Å². The van der Waals surface area contributed by atoms with Gasteiger partial charge < -0.3 is 5.11 Å². The second-order valence-corrected chi connectivity index (χ2v) is 10.6. The Hall–Kier alpha value is -2.47. The molecule has 1 aliphatic rings. The lowest BCUT2D eigenvalue weighted by Gasteiger charge is -2.16. The molecule has 1 aliphatic heterocycles. The summed E-state index contributed by atoms with van der Waals surface area (Å²) in [6, 6.07) is 10.1. The number of hydrogen-bond acceptors (Lipinski definition) is 6. The number of carbonyl (C=O) groups is 2. The van der Waals surface area contributed by atoms with Gasteiger partial charge in [0.2, 0.25) is 26.0 Å². The number of nitrogens with one attached hydrogen (secondary N) is 2. The fourth-order valence-corrected chi connectivity index (χ4v) is 6.12. The second kappa shape index (κ2) is 8.34. The van der Waals surface area contributed by atoms with Gasteiger partial charge in [0.05, 0.1) is 11.3 Å². The van der Waals surface area contributed by atoms with E-state index in [1.165, 1.54) is 42.5 Å². The molecule has 1 unspecified atom stereocenters. The van der Waals surface area contributed by atoms with Crippen molar-refractivity contribution in [2.75, 3.05) is 0 Å². The van der Waals surface area contributed by atoms with Gasteiger partial charge in [-0.2, -0.15) is 4.72 Å². The Balaban J connectivity index is 1.82. The van der Waals surface area contributed by atoms with Crippen molar-refractivity contribution in [1.82, 2.24) is 9.44 Å². The molecule has 0 aliphatic carbocycles. The molecule has 3 N–H and O–H groups in total. The SMILES string of the molecule is O=C1CC(c2ccc(C[C@H](NS(=O)(=O)c3ccccc3)C(=O)O)cc2Cl)S(=O)(=O)N1. The van der Waals surface area contributed by atoms with E-state index in [4.69, 9.17) is 11.6 Å². The molecule has 0 aromatic heterocycles. The molecule has 160 valence electrons. The van der Waals surface area contributed by atoms with E-state index in [9.17, 15) is 31.5 Å². The molecule has 2 atom stereocenters. The third-order valence-corrected chi connectivity index (χ3v) is 8.00. The third kappa shape index (κ3) is 4.81. The van der Waals surface area contributed by atoms with Crippen molar-refractivity contribution in [1.29, 1.82) is 0 Å². The highest BCUT2D eigenvalue weighted by molar-refractivity contribution is 7.90. The summed E-state index contributed by atoms with van der Waals surface area (Å²) in [6.07, 6.45) is -0.494. The number of hydrogen-bond donors (Lipinski definition) is 3. The van der Waals surface area contributed by atoms with Crippen LogP contribution in [0.25, 0.3) is 0 Å². The first-order chi connectivity index (χ1) is 14.0. The number of benzene rings is 2. The van der Waals surface area contributed by atoms with Crippen LogP contribution in [0.2, 0.25) is 5.02 Å². The first-order valence-electron chi connectivity index (χ1n) is 8.62. The highest BCUT2D eigenvalue weighted by atomic mass is 35.5. The van der Waals surface area contributed by atoms with Gasteiger partial charge in [-0.1, -0.05) is 41.9 Å². The van der Waals surface area contributed by atoms with Gasteiger partial charge in [-0.05, 0) is 35.7 Å². The smallest absolute Gasteiger partial charge is 0.322 e. The minimum atomic E-state index is -4.07.